The van der Waals surface area contributed by atoms with Crippen molar-refractivity contribution in [3.63, 3.8) is 0 Å². The third kappa shape index (κ3) is 3.90. The molecular weight excluding hydrogens is 221 g/mol. The average molecular weight is 238 g/mol. The first-order valence-corrected chi connectivity index (χ1v) is 5.41. The van der Waals surface area contributed by atoms with E-state index in [-0.39, 0.29) is 6.04 Å². The summed E-state index contributed by atoms with van der Waals surface area (Å²) in [6, 6.07) is -0.596. The normalized spacial score (nSPS) is 26.7. The van der Waals surface area contributed by atoms with Crippen molar-refractivity contribution in [2.45, 2.75) is 38.9 Å². The largest absolute Gasteiger partial charge is 0.405 e. The summed E-state index contributed by atoms with van der Waals surface area (Å²) in [6.45, 7) is 3.13. The van der Waals surface area contributed by atoms with Gasteiger partial charge in [-0.25, -0.2) is 4.79 Å². The molecule has 1 aliphatic rings. The molecule has 3 nitrogen and oxygen atoms in total. The molecule has 0 bridgehead atoms. The summed E-state index contributed by atoms with van der Waals surface area (Å²) in [5, 5.41) is 1.91. The van der Waals surface area contributed by atoms with Gasteiger partial charge >= 0.3 is 12.2 Å². The predicted molar refractivity (Wildman–Crippen MR) is 54.0 cm³/mol. The van der Waals surface area contributed by atoms with Crippen LogP contribution in [0.3, 0.4) is 0 Å². The minimum atomic E-state index is -4.35. The third-order valence-electron chi connectivity index (χ3n) is 2.82. The Morgan fingerprint density at radius 2 is 2.00 bits per heavy atom. The lowest BCUT2D eigenvalue weighted by atomic mass is 9.95. The van der Waals surface area contributed by atoms with Gasteiger partial charge in [-0.05, 0) is 25.7 Å². The number of nitrogens with one attached hydrogen (secondary N) is 1. The molecule has 0 aliphatic carbocycles. The van der Waals surface area contributed by atoms with E-state index in [1.54, 1.807) is 0 Å². The number of alkyl halides is 3. The van der Waals surface area contributed by atoms with Crippen molar-refractivity contribution >= 4 is 6.03 Å². The van der Waals surface area contributed by atoms with E-state index >= 15 is 0 Å². The average Bonchev–Trinajstić information content (AvgIpc) is 2.17. The quantitative estimate of drug-likeness (QED) is 0.747. The first kappa shape index (κ1) is 13.1. The van der Waals surface area contributed by atoms with E-state index in [2.05, 4.69) is 0 Å². The summed E-state index contributed by atoms with van der Waals surface area (Å²) in [7, 11) is 0. The van der Waals surface area contributed by atoms with Gasteiger partial charge in [0, 0.05) is 12.6 Å². The van der Waals surface area contributed by atoms with Crippen LogP contribution in [0, 0.1) is 5.92 Å². The number of amides is 2. The highest BCUT2D eigenvalue weighted by Crippen LogP contribution is 2.21. The Balaban J connectivity index is 2.46. The van der Waals surface area contributed by atoms with Gasteiger partial charge in [-0.1, -0.05) is 6.92 Å². The molecule has 0 radical (unpaired) electrons. The number of carbonyl (C=O) groups excluding carboxylic acids is 1. The van der Waals surface area contributed by atoms with Gasteiger partial charge in [0.2, 0.25) is 0 Å². The Labute approximate surface area is 93.0 Å². The molecule has 1 aliphatic heterocycles. The maximum atomic E-state index is 11.9. The second kappa shape index (κ2) is 4.93. The monoisotopic (exact) mass is 238 g/mol. The summed E-state index contributed by atoms with van der Waals surface area (Å²) >= 11 is 0. The molecule has 1 N–H and O–H groups in total. The number of piperidine rings is 1. The van der Waals surface area contributed by atoms with Crippen LogP contribution in [0.1, 0.15) is 26.7 Å². The van der Waals surface area contributed by atoms with E-state index in [1.165, 1.54) is 4.90 Å². The van der Waals surface area contributed by atoms with E-state index in [1.807, 2.05) is 19.2 Å². The minimum absolute atomic E-state index is 0.0180. The Kier molecular flexibility index (Phi) is 4.04. The summed E-state index contributed by atoms with van der Waals surface area (Å²) in [6.07, 6.45) is -2.48. The third-order valence-corrected chi connectivity index (χ3v) is 2.82. The van der Waals surface area contributed by atoms with Crippen molar-refractivity contribution in [3.05, 3.63) is 0 Å². The number of rotatable bonds is 1. The molecule has 0 saturated carbocycles. The highest BCUT2D eigenvalue weighted by molar-refractivity contribution is 5.74. The molecule has 2 unspecified atom stereocenters. The van der Waals surface area contributed by atoms with Crippen molar-refractivity contribution in [3.8, 4) is 0 Å². The van der Waals surface area contributed by atoms with E-state index in [0.29, 0.717) is 12.5 Å². The SMILES string of the molecule is CC1CCC(C)N(C(=O)NCC(F)(F)F)C1. The fraction of sp³-hybridized carbons (Fsp3) is 0.900. The van der Waals surface area contributed by atoms with Gasteiger partial charge < -0.3 is 10.2 Å². The highest BCUT2D eigenvalue weighted by Gasteiger charge is 2.31. The first-order chi connectivity index (χ1) is 7.29. The number of hydrogen-bond donors (Lipinski definition) is 1. The molecule has 1 fully saturated rings. The van der Waals surface area contributed by atoms with E-state index in [0.717, 1.165) is 12.8 Å². The number of urea groups is 1. The zero-order valence-corrected chi connectivity index (χ0v) is 9.47. The highest BCUT2D eigenvalue weighted by atomic mass is 19.4. The van der Waals surface area contributed by atoms with Crippen LogP contribution in [0.25, 0.3) is 0 Å². The lowest BCUT2D eigenvalue weighted by Gasteiger charge is -2.36. The van der Waals surface area contributed by atoms with E-state index in [4.69, 9.17) is 0 Å². The second-order valence-electron chi connectivity index (χ2n) is 4.46. The topological polar surface area (TPSA) is 32.3 Å². The second-order valence-corrected chi connectivity index (χ2v) is 4.46. The molecule has 0 aromatic carbocycles. The zero-order valence-electron chi connectivity index (χ0n) is 9.47. The molecule has 1 heterocycles. The van der Waals surface area contributed by atoms with Crippen molar-refractivity contribution < 1.29 is 18.0 Å². The maximum absolute atomic E-state index is 11.9. The van der Waals surface area contributed by atoms with Crippen LogP contribution in [0.4, 0.5) is 18.0 Å². The number of nitrogens with zero attached hydrogens (tertiary/aromatic N) is 1. The standard InChI is InChI=1S/C10H17F3N2O/c1-7-3-4-8(2)15(5-7)9(16)14-6-10(11,12)13/h7-8H,3-6H2,1-2H3,(H,14,16). The van der Waals surface area contributed by atoms with Crippen molar-refractivity contribution in [2.75, 3.05) is 13.1 Å². The molecule has 1 rings (SSSR count). The van der Waals surface area contributed by atoms with Crippen molar-refractivity contribution in [2.24, 2.45) is 5.92 Å². The minimum Gasteiger partial charge on any atom is -0.329 e. The number of hydrogen-bond acceptors (Lipinski definition) is 1. The summed E-state index contributed by atoms with van der Waals surface area (Å²) in [5.74, 6) is 0.354. The molecule has 2 amide bonds. The van der Waals surface area contributed by atoms with Crippen molar-refractivity contribution in [1.82, 2.24) is 10.2 Å². The predicted octanol–water partition coefficient (Wildman–Crippen LogP) is 2.38. The number of likely N-dealkylation sites (tertiary alicyclic amines) is 1. The number of halogens is 3. The van der Waals surface area contributed by atoms with Crippen LogP contribution in [0.2, 0.25) is 0 Å². The van der Waals surface area contributed by atoms with Crippen LogP contribution in [0.5, 0.6) is 0 Å². The molecule has 0 aromatic rings. The molecular formula is C10H17F3N2O. The molecule has 16 heavy (non-hydrogen) atoms. The van der Waals surface area contributed by atoms with Crippen LogP contribution in [-0.2, 0) is 0 Å². The lowest BCUT2D eigenvalue weighted by Crippen LogP contribution is -2.51. The lowest BCUT2D eigenvalue weighted by molar-refractivity contribution is -0.123. The van der Waals surface area contributed by atoms with Crippen LogP contribution < -0.4 is 5.32 Å². The molecule has 2 atom stereocenters. The molecule has 0 spiro atoms. The molecule has 1 saturated heterocycles. The van der Waals surface area contributed by atoms with Gasteiger partial charge in [-0.3, -0.25) is 0 Å². The van der Waals surface area contributed by atoms with Gasteiger partial charge in [-0.2, -0.15) is 13.2 Å². The fourth-order valence-corrected chi connectivity index (χ4v) is 1.85. The Hall–Kier alpha value is -0.940. The Morgan fingerprint density at radius 3 is 2.56 bits per heavy atom. The summed E-state index contributed by atoms with van der Waals surface area (Å²) in [5.41, 5.74) is 0. The fourth-order valence-electron chi connectivity index (χ4n) is 1.85. The first-order valence-electron chi connectivity index (χ1n) is 5.41. The van der Waals surface area contributed by atoms with Gasteiger partial charge in [0.1, 0.15) is 6.54 Å². The number of carbonyl (C=O) groups is 1. The molecule has 94 valence electrons. The molecule has 6 heteroatoms. The summed E-state index contributed by atoms with van der Waals surface area (Å²) < 4.78 is 35.8. The Morgan fingerprint density at radius 1 is 1.38 bits per heavy atom. The van der Waals surface area contributed by atoms with Crippen LogP contribution in [-0.4, -0.2) is 36.2 Å². The van der Waals surface area contributed by atoms with Gasteiger partial charge in [-0.15, -0.1) is 0 Å². The van der Waals surface area contributed by atoms with E-state index in [9.17, 15) is 18.0 Å². The van der Waals surface area contributed by atoms with E-state index < -0.39 is 18.8 Å². The zero-order chi connectivity index (χ0) is 12.3. The van der Waals surface area contributed by atoms with Gasteiger partial charge in [0.25, 0.3) is 0 Å². The van der Waals surface area contributed by atoms with Crippen LogP contribution in [0.15, 0.2) is 0 Å². The maximum Gasteiger partial charge on any atom is 0.405 e. The van der Waals surface area contributed by atoms with Crippen LogP contribution >= 0.6 is 0 Å². The smallest absolute Gasteiger partial charge is 0.329 e. The Bertz CT molecular complexity index is 255. The van der Waals surface area contributed by atoms with Crippen molar-refractivity contribution in [1.29, 1.82) is 0 Å². The van der Waals surface area contributed by atoms with Gasteiger partial charge in [0.15, 0.2) is 0 Å². The summed E-state index contributed by atoms with van der Waals surface area (Å²) in [4.78, 5) is 13.0. The molecule has 0 aromatic heterocycles. The van der Waals surface area contributed by atoms with Gasteiger partial charge in [0.05, 0.1) is 0 Å².